The van der Waals surface area contributed by atoms with Crippen molar-refractivity contribution < 1.29 is 23.6 Å². The van der Waals surface area contributed by atoms with Crippen molar-refractivity contribution in [1.29, 1.82) is 0 Å². The normalized spacial score (nSPS) is 16.5. The van der Waals surface area contributed by atoms with Crippen molar-refractivity contribution in [3.63, 3.8) is 0 Å². The summed E-state index contributed by atoms with van der Waals surface area (Å²) in [5.74, 6) is -1.26. The molecule has 1 aromatic carbocycles. The maximum absolute atomic E-state index is 14.4. The maximum Gasteiger partial charge on any atom is 0.272 e. The quantitative estimate of drug-likeness (QED) is 0.564. The number of carbonyl (C=O) groups excluding carboxylic acids is 1. The third-order valence-electron chi connectivity index (χ3n) is 4.77. The van der Waals surface area contributed by atoms with E-state index in [-0.39, 0.29) is 35.0 Å². The Bertz CT molecular complexity index is 961. The molecule has 0 spiro atoms. The Morgan fingerprint density at radius 3 is 2.77 bits per heavy atom. The Morgan fingerprint density at radius 2 is 2.20 bits per heavy atom. The molecule has 10 heteroatoms. The zero-order chi connectivity index (χ0) is 22.1. The maximum atomic E-state index is 14.4. The van der Waals surface area contributed by atoms with Crippen LogP contribution >= 0.6 is 0 Å². The number of hydrogen-bond acceptors (Lipinski definition) is 6. The Morgan fingerprint density at radius 1 is 1.47 bits per heavy atom. The van der Waals surface area contributed by atoms with Gasteiger partial charge >= 0.3 is 0 Å². The average molecular weight is 420 g/mol. The lowest BCUT2D eigenvalue weighted by Crippen LogP contribution is -2.32. The molecule has 9 nitrogen and oxygen atoms in total. The summed E-state index contributed by atoms with van der Waals surface area (Å²) in [6, 6.07) is 3.13. The zero-order valence-corrected chi connectivity index (χ0v) is 17.4. The number of rotatable bonds is 6. The van der Waals surface area contributed by atoms with Crippen molar-refractivity contribution in [3.8, 4) is 11.6 Å². The van der Waals surface area contributed by atoms with Crippen LogP contribution in [0.1, 0.15) is 49.7 Å². The topological polar surface area (TPSA) is 109 Å². The summed E-state index contributed by atoms with van der Waals surface area (Å²) in [6.07, 6.45) is 1.85. The number of nitro benzene ring substituents is 1. The summed E-state index contributed by atoms with van der Waals surface area (Å²) in [6.45, 7) is 8.34. The number of non-ortho nitro benzene ring substituents is 1. The molecule has 1 aliphatic rings. The Balaban J connectivity index is 1.89. The van der Waals surface area contributed by atoms with Gasteiger partial charge in [-0.05, 0) is 46.6 Å². The van der Waals surface area contributed by atoms with Gasteiger partial charge in [0, 0.05) is 24.8 Å². The molecule has 2 heterocycles. The molecule has 1 aliphatic heterocycles. The van der Waals surface area contributed by atoms with Gasteiger partial charge < -0.3 is 14.8 Å². The molecule has 0 bridgehead atoms. The second kappa shape index (κ2) is 8.39. The van der Waals surface area contributed by atoms with E-state index in [4.69, 9.17) is 9.47 Å². The summed E-state index contributed by atoms with van der Waals surface area (Å²) in [5, 5.41) is 18.1. The molecule has 3 rings (SSSR count). The third kappa shape index (κ3) is 4.59. The molecule has 0 unspecified atom stereocenters. The highest BCUT2D eigenvalue weighted by molar-refractivity contribution is 5.94. The Kier molecular flexibility index (Phi) is 6.06. The van der Waals surface area contributed by atoms with E-state index < -0.39 is 16.3 Å². The van der Waals surface area contributed by atoms with Gasteiger partial charge in [0.25, 0.3) is 11.6 Å². The van der Waals surface area contributed by atoms with Crippen LogP contribution < -0.4 is 10.1 Å². The molecular weight excluding hydrogens is 395 g/mol. The van der Waals surface area contributed by atoms with Crippen LogP contribution in [-0.2, 0) is 10.3 Å². The summed E-state index contributed by atoms with van der Waals surface area (Å²) in [7, 11) is 0. The third-order valence-corrected chi connectivity index (χ3v) is 4.77. The van der Waals surface area contributed by atoms with E-state index in [1.807, 2.05) is 20.8 Å². The molecule has 1 N–H and O–H groups in total. The van der Waals surface area contributed by atoms with Crippen LogP contribution in [-0.4, -0.2) is 39.9 Å². The number of halogens is 1. The molecular formula is C20H25FN4O5. The van der Waals surface area contributed by atoms with E-state index in [1.165, 1.54) is 10.7 Å². The smallest absolute Gasteiger partial charge is 0.272 e. The minimum atomic E-state index is -0.880. The number of ether oxygens (including phenoxy) is 2. The molecule has 2 aromatic rings. The minimum absolute atomic E-state index is 0.0103. The molecule has 0 aliphatic carbocycles. The van der Waals surface area contributed by atoms with E-state index in [1.54, 1.807) is 6.92 Å². The van der Waals surface area contributed by atoms with Gasteiger partial charge in [0.05, 0.1) is 22.6 Å². The monoisotopic (exact) mass is 420 g/mol. The van der Waals surface area contributed by atoms with Gasteiger partial charge in [-0.25, -0.2) is 9.07 Å². The molecule has 1 fully saturated rings. The van der Waals surface area contributed by atoms with Crippen LogP contribution in [0.5, 0.6) is 11.6 Å². The first-order valence-electron chi connectivity index (χ1n) is 9.69. The first kappa shape index (κ1) is 21.7. The predicted molar refractivity (Wildman–Crippen MR) is 106 cm³/mol. The predicted octanol–water partition coefficient (Wildman–Crippen LogP) is 3.69. The van der Waals surface area contributed by atoms with Gasteiger partial charge in [0.2, 0.25) is 5.88 Å². The lowest BCUT2D eigenvalue weighted by molar-refractivity contribution is -0.385. The number of carbonyl (C=O) groups is 1. The average Bonchev–Trinajstić information content (AvgIpc) is 3.29. The lowest BCUT2D eigenvalue weighted by atomic mass is 10.1. The van der Waals surface area contributed by atoms with Crippen LogP contribution in [0.15, 0.2) is 18.2 Å². The molecule has 0 radical (unpaired) electrons. The molecule has 1 atom stereocenters. The van der Waals surface area contributed by atoms with Crippen LogP contribution in [0.2, 0.25) is 0 Å². The summed E-state index contributed by atoms with van der Waals surface area (Å²) >= 11 is 0. The van der Waals surface area contributed by atoms with Crippen molar-refractivity contribution in [2.45, 2.75) is 52.2 Å². The second-order valence-electron chi connectivity index (χ2n) is 8.18. The largest absolute Gasteiger partial charge is 0.436 e. The number of nitrogens with one attached hydrogen (secondary N) is 1. The van der Waals surface area contributed by atoms with Crippen LogP contribution in [0, 0.1) is 22.9 Å². The summed E-state index contributed by atoms with van der Waals surface area (Å²) in [4.78, 5) is 22.8. The molecule has 1 amide bonds. The van der Waals surface area contributed by atoms with Gasteiger partial charge in [0.15, 0.2) is 17.3 Å². The molecule has 1 aromatic heterocycles. The first-order chi connectivity index (χ1) is 14.1. The SMILES string of the molecule is Cc1c(C(=O)NC[C@@H]2CCCO2)nn(C(C)(C)C)c1Oc1ccc([N+](=O)[O-])cc1F. The highest BCUT2D eigenvalue weighted by atomic mass is 19.1. The number of benzene rings is 1. The molecule has 0 saturated carbocycles. The molecule has 162 valence electrons. The van der Waals surface area contributed by atoms with Crippen molar-refractivity contribution >= 4 is 11.6 Å². The highest BCUT2D eigenvalue weighted by Gasteiger charge is 2.29. The Hall–Kier alpha value is -3.01. The fraction of sp³-hybridized carbons (Fsp3) is 0.500. The number of nitro groups is 1. The number of amides is 1. The zero-order valence-electron chi connectivity index (χ0n) is 17.4. The fourth-order valence-corrected chi connectivity index (χ4v) is 3.16. The number of aromatic nitrogens is 2. The van der Waals surface area contributed by atoms with Gasteiger partial charge in [0.1, 0.15) is 0 Å². The van der Waals surface area contributed by atoms with Crippen molar-refractivity contribution in [2.75, 3.05) is 13.2 Å². The van der Waals surface area contributed by atoms with E-state index in [0.29, 0.717) is 18.7 Å². The second-order valence-corrected chi connectivity index (χ2v) is 8.18. The lowest BCUT2D eigenvalue weighted by Gasteiger charge is -2.22. The Labute approximate surface area is 173 Å². The summed E-state index contributed by atoms with van der Waals surface area (Å²) < 4.78 is 27.1. The van der Waals surface area contributed by atoms with Crippen molar-refractivity contribution in [2.24, 2.45) is 0 Å². The van der Waals surface area contributed by atoms with E-state index in [9.17, 15) is 19.3 Å². The standard InChI is InChI=1S/C20H25FN4O5/c1-12-17(18(26)22-11-14-6-5-9-29-14)23-24(20(2,3)4)19(12)30-16-8-7-13(25(27)28)10-15(16)21/h7-8,10,14H,5-6,9,11H2,1-4H3,(H,22,26)/t14-/m0/s1. The number of hydrogen-bond donors (Lipinski definition) is 1. The van der Waals surface area contributed by atoms with Crippen LogP contribution in [0.3, 0.4) is 0 Å². The van der Waals surface area contributed by atoms with Gasteiger partial charge in [-0.15, -0.1) is 0 Å². The van der Waals surface area contributed by atoms with E-state index in [0.717, 1.165) is 25.0 Å². The van der Waals surface area contributed by atoms with Crippen molar-refractivity contribution in [3.05, 3.63) is 45.4 Å². The van der Waals surface area contributed by atoms with Gasteiger partial charge in [-0.1, -0.05) is 0 Å². The molecule has 1 saturated heterocycles. The van der Waals surface area contributed by atoms with Gasteiger partial charge in [-0.3, -0.25) is 14.9 Å². The number of nitrogens with zero attached hydrogens (tertiary/aromatic N) is 3. The van der Waals surface area contributed by atoms with Crippen LogP contribution in [0.4, 0.5) is 10.1 Å². The van der Waals surface area contributed by atoms with Crippen molar-refractivity contribution in [1.82, 2.24) is 15.1 Å². The van der Waals surface area contributed by atoms with E-state index >= 15 is 0 Å². The fourth-order valence-electron chi connectivity index (χ4n) is 3.16. The van der Waals surface area contributed by atoms with E-state index in [2.05, 4.69) is 10.4 Å². The first-order valence-corrected chi connectivity index (χ1v) is 9.69. The summed E-state index contributed by atoms with van der Waals surface area (Å²) in [5.41, 5.74) is -0.340. The molecule has 30 heavy (non-hydrogen) atoms. The minimum Gasteiger partial charge on any atom is -0.436 e. The highest BCUT2D eigenvalue weighted by Crippen LogP contribution is 2.34. The van der Waals surface area contributed by atoms with Gasteiger partial charge in [-0.2, -0.15) is 5.10 Å². The van der Waals surface area contributed by atoms with Crippen LogP contribution in [0.25, 0.3) is 0 Å².